The number of hydrogen-bond acceptors (Lipinski definition) is 5. The number of nitrogens with zero attached hydrogens (tertiary/aromatic N) is 2. The minimum Gasteiger partial charge on any atom is -0.394 e. The zero-order valence-electron chi connectivity index (χ0n) is 8.82. The second-order valence-corrected chi connectivity index (χ2v) is 4.30. The second kappa shape index (κ2) is 4.95. The Hall–Kier alpha value is -0.910. The van der Waals surface area contributed by atoms with Crippen molar-refractivity contribution in [2.75, 3.05) is 25.1 Å². The molecule has 0 aromatic carbocycles. The van der Waals surface area contributed by atoms with Gasteiger partial charge in [-0.1, -0.05) is 11.6 Å². The standard InChI is InChI=1S/C10H14ClN3O2/c11-8-5-12-7-13-9(8)14-10(6-15)1-3-16-4-2-10/h5,7,15H,1-4,6H2,(H,12,13,14). The Kier molecular flexibility index (Phi) is 3.58. The van der Waals surface area contributed by atoms with E-state index in [4.69, 9.17) is 16.3 Å². The van der Waals surface area contributed by atoms with Crippen molar-refractivity contribution >= 4 is 17.4 Å². The lowest BCUT2D eigenvalue weighted by Crippen LogP contribution is -2.47. The molecule has 1 saturated heterocycles. The molecule has 0 aliphatic carbocycles. The lowest BCUT2D eigenvalue weighted by molar-refractivity contribution is 0.0378. The van der Waals surface area contributed by atoms with Gasteiger partial charge in [-0.3, -0.25) is 0 Å². The van der Waals surface area contributed by atoms with Crippen LogP contribution in [0.2, 0.25) is 5.02 Å². The van der Waals surface area contributed by atoms with Crippen LogP contribution in [-0.2, 0) is 4.74 Å². The van der Waals surface area contributed by atoms with E-state index in [1.54, 1.807) is 0 Å². The third-order valence-electron chi connectivity index (χ3n) is 2.80. The summed E-state index contributed by atoms with van der Waals surface area (Å²) in [4.78, 5) is 7.88. The van der Waals surface area contributed by atoms with Crippen LogP contribution >= 0.6 is 11.6 Å². The molecule has 88 valence electrons. The Morgan fingerprint density at radius 3 is 2.88 bits per heavy atom. The highest BCUT2D eigenvalue weighted by molar-refractivity contribution is 6.32. The molecule has 2 rings (SSSR count). The number of aromatic nitrogens is 2. The van der Waals surface area contributed by atoms with Gasteiger partial charge < -0.3 is 15.2 Å². The van der Waals surface area contributed by atoms with E-state index in [9.17, 15) is 5.11 Å². The fraction of sp³-hybridized carbons (Fsp3) is 0.600. The quantitative estimate of drug-likeness (QED) is 0.832. The predicted molar refractivity (Wildman–Crippen MR) is 60.5 cm³/mol. The van der Waals surface area contributed by atoms with Gasteiger partial charge >= 0.3 is 0 Å². The lowest BCUT2D eigenvalue weighted by atomic mass is 9.91. The van der Waals surface area contributed by atoms with Crippen LogP contribution in [0.4, 0.5) is 5.82 Å². The molecule has 1 aliphatic heterocycles. The summed E-state index contributed by atoms with van der Waals surface area (Å²) in [6.45, 7) is 1.31. The minimum absolute atomic E-state index is 0.0384. The van der Waals surface area contributed by atoms with Gasteiger partial charge in [-0.25, -0.2) is 9.97 Å². The molecular formula is C10H14ClN3O2. The van der Waals surface area contributed by atoms with Crippen molar-refractivity contribution in [1.82, 2.24) is 9.97 Å². The maximum atomic E-state index is 9.49. The third kappa shape index (κ3) is 2.42. The summed E-state index contributed by atoms with van der Waals surface area (Å²) in [5.41, 5.74) is -0.379. The molecule has 0 bridgehead atoms. The van der Waals surface area contributed by atoms with Gasteiger partial charge in [0.1, 0.15) is 17.2 Å². The Morgan fingerprint density at radius 1 is 1.50 bits per heavy atom. The molecule has 0 spiro atoms. The van der Waals surface area contributed by atoms with Crippen molar-refractivity contribution in [1.29, 1.82) is 0 Å². The van der Waals surface area contributed by atoms with Crippen molar-refractivity contribution in [3.05, 3.63) is 17.5 Å². The van der Waals surface area contributed by atoms with Crippen molar-refractivity contribution in [2.45, 2.75) is 18.4 Å². The summed E-state index contributed by atoms with van der Waals surface area (Å²) in [5, 5.41) is 13.1. The first kappa shape index (κ1) is 11.6. The van der Waals surface area contributed by atoms with Crippen LogP contribution in [0.15, 0.2) is 12.5 Å². The van der Waals surface area contributed by atoms with E-state index in [1.807, 2.05) is 0 Å². The normalized spacial score (nSPS) is 19.4. The Bertz CT molecular complexity index is 356. The highest BCUT2D eigenvalue weighted by Crippen LogP contribution is 2.27. The van der Waals surface area contributed by atoms with E-state index in [0.717, 1.165) is 12.8 Å². The van der Waals surface area contributed by atoms with Crippen LogP contribution in [-0.4, -0.2) is 40.4 Å². The van der Waals surface area contributed by atoms with Gasteiger partial charge in [-0.2, -0.15) is 0 Å². The van der Waals surface area contributed by atoms with E-state index in [0.29, 0.717) is 24.1 Å². The molecule has 16 heavy (non-hydrogen) atoms. The fourth-order valence-corrected chi connectivity index (χ4v) is 1.89. The minimum atomic E-state index is -0.379. The number of halogens is 1. The molecule has 1 aliphatic rings. The van der Waals surface area contributed by atoms with Crippen LogP contribution in [0.5, 0.6) is 0 Å². The first-order valence-corrected chi connectivity index (χ1v) is 5.56. The van der Waals surface area contributed by atoms with Crippen molar-refractivity contribution in [3.63, 3.8) is 0 Å². The smallest absolute Gasteiger partial charge is 0.148 e. The molecular weight excluding hydrogens is 230 g/mol. The third-order valence-corrected chi connectivity index (χ3v) is 3.08. The van der Waals surface area contributed by atoms with Crippen LogP contribution in [0.25, 0.3) is 0 Å². The summed E-state index contributed by atoms with van der Waals surface area (Å²) in [5.74, 6) is 0.563. The van der Waals surface area contributed by atoms with E-state index >= 15 is 0 Å². The number of ether oxygens (including phenoxy) is 1. The van der Waals surface area contributed by atoms with E-state index < -0.39 is 0 Å². The number of aliphatic hydroxyl groups is 1. The van der Waals surface area contributed by atoms with Crippen LogP contribution in [0.3, 0.4) is 0 Å². The van der Waals surface area contributed by atoms with Gasteiger partial charge in [0, 0.05) is 13.2 Å². The molecule has 2 heterocycles. The zero-order valence-corrected chi connectivity index (χ0v) is 9.57. The van der Waals surface area contributed by atoms with E-state index in [2.05, 4.69) is 15.3 Å². The van der Waals surface area contributed by atoms with Crippen LogP contribution in [0, 0.1) is 0 Å². The molecule has 0 saturated carbocycles. The maximum absolute atomic E-state index is 9.49. The molecule has 0 amide bonds. The number of hydrogen-bond donors (Lipinski definition) is 2. The summed E-state index contributed by atoms with van der Waals surface area (Å²) in [7, 11) is 0. The summed E-state index contributed by atoms with van der Waals surface area (Å²) in [6, 6.07) is 0. The molecule has 0 atom stereocenters. The zero-order chi connectivity index (χ0) is 11.4. The number of aliphatic hydroxyl groups excluding tert-OH is 1. The van der Waals surface area contributed by atoms with Crippen LogP contribution < -0.4 is 5.32 Å². The Morgan fingerprint density at radius 2 is 2.25 bits per heavy atom. The molecule has 5 nitrogen and oxygen atoms in total. The van der Waals surface area contributed by atoms with Crippen molar-refractivity contribution in [3.8, 4) is 0 Å². The number of anilines is 1. The molecule has 0 radical (unpaired) electrons. The largest absolute Gasteiger partial charge is 0.394 e. The first-order chi connectivity index (χ1) is 7.76. The Balaban J connectivity index is 2.15. The van der Waals surface area contributed by atoms with Gasteiger partial charge in [0.15, 0.2) is 0 Å². The summed E-state index contributed by atoms with van der Waals surface area (Å²) < 4.78 is 5.28. The molecule has 2 N–H and O–H groups in total. The maximum Gasteiger partial charge on any atom is 0.148 e. The molecule has 1 fully saturated rings. The number of nitrogens with one attached hydrogen (secondary N) is 1. The highest BCUT2D eigenvalue weighted by Gasteiger charge is 2.32. The first-order valence-electron chi connectivity index (χ1n) is 5.18. The van der Waals surface area contributed by atoms with Gasteiger partial charge in [0.25, 0.3) is 0 Å². The predicted octanol–water partition coefficient (Wildman–Crippen LogP) is 1.08. The van der Waals surface area contributed by atoms with Crippen molar-refractivity contribution in [2.24, 2.45) is 0 Å². The molecule has 1 aromatic heterocycles. The van der Waals surface area contributed by atoms with Crippen LogP contribution in [0.1, 0.15) is 12.8 Å². The fourth-order valence-electron chi connectivity index (χ4n) is 1.74. The molecule has 1 aromatic rings. The van der Waals surface area contributed by atoms with E-state index in [1.165, 1.54) is 12.5 Å². The van der Waals surface area contributed by atoms with Gasteiger partial charge in [0.2, 0.25) is 0 Å². The van der Waals surface area contributed by atoms with Gasteiger partial charge in [0.05, 0.1) is 18.3 Å². The molecule has 6 heteroatoms. The van der Waals surface area contributed by atoms with E-state index in [-0.39, 0.29) is 12.1 Å². The van der Waals surface area contributed by atoms with Gasteiger partial charge in [-0.05, 0) is 12.8 Å². The average Bonchev–Trinajstić information content (AvgIpc) is 2.33. The highest BCUT2D eigenvalue weighted by atomic mass is 35.5. The van der Waals surface area contributed by atoms with Crippen molar-refractivity contribution < 1.29 is 9.84 Å². The molecule has 0 unspecified atom stereocenters. The monoisotopic (exact) mass is 243 g/mol. The SMILES string of the molecule is OCC1(Nc2ncncc2Cl)CCOCC1. The lowest BCUT2D eigenvalue weighted by Gasteiger charge is -2.36. The average molecular weight is 244 g/mol. The summed E-state index contributed by atoms with van der Waals surface area (Å²) in [6.07, 6.45) is 4.44. The second-order valence-electron chi connectivity index (χ2n) is 3.90. The summed E-state index contributed by atoms with van der Waals surface area (Å²) >= 11 is 5.96. The van der Waals surface area contributed by atoms with Gasteiger partial charge in [-0.15, -0.1) is 0 Å². The topological polar surface area (TPSA) is 67.3 Å². The Labute approximate surface area is 98.8 Å². The number of rotatable bonds is 3.